The van der Waals surface area contributed by atoms with Crippen LogP contribution in [-0.2, 0) is 9.59 Å². The molecule has 2 N–H and O–H groups in total. The Balaban J connectivity index is 1.71. The van der Waals surface area contributed by atoms with E-state index in [1.165, 1.54) is 43.3 Å². The topological polar surface area (TPSA) is 114 Å². The molecule has 0 saturated carbocycles. The highest BCUT2D eigenvalue weighted by Crippen LogP contribution is 2.28. The van der Waals surface area contributed by atoms with Gasteiger partial charge in [-0.3, -0.25) is 25.0 Å². The number of hydrogen-bond acceptors (Lipinski definition) is 6. The third-order valence-electron chi connectivity index (χ3n) is 3.85. The van der Waals surface area contributed by atoms with Gasteiger partial charge in [0.15, 0.2) is 5.13 Å². The summed E-state index contributed by atoms with van der Waals surface area (Å²) in [5.41, 5.74) is 1.05. The second-order valence-corrected chi connectivity index (χ2v) is 6.91. The highest BCUT2D eigenvalue weighted by atomic mass is 32.1. The van der Waals surface area contributed by atoms with Crippen LogP contribution in [-0.4, -0.2) is 21.7 Å². The summed E-state index contributed by atoms with van der Waals surface area (Å²) < 4.78 is 14.3. The first kappa shape index (κ1) is 20.8. The van der Waals surface area contributed by atoms with E-state index in [0.717, 1.165) is 17.4 Å². The number of carbonyl (C=O) groups is 2. The van der Waals surface area contributed by atoms with E-state index in [1.807, 2.05) is 0 Å². The number of rotatable bonds is 6. The molecule has 0 aliphatic heterocycles. The lowest BCUT2D eigenvalue weighted by molar-refractivity contribution is -0.385. The Bertz CT molecular complexity index is 1160. The number of aromatic nitrogens is 1. The van der Waals surface area contributed by atoms with Crippen molar-refractivity contribution in [2.75, 3.05) is 10.6 Å². The summed E-state index contributed by atoms with van der Waals surface area (Å²) in [6.07, 6.45) is 2.49. The second kappa shape index (κ2) is 9.05. The van der Waals surface area contributed by atoms with Crippen LogP contribution < -0.4 is 10.6 Å². The number of halogens is 1. The Morgan fingerprint density at radius 1 is 1.20 bits per heavy atom. The predicted molar refractivity (Wildman–Crippen MR) is 113 cm³/mol. The maximum atomic E-state index is 14.3. The van der Waals surface area contributed by atoms with Gasteiger partial charge < -0.3 is 5.32 Å². The van der Waals surface area contributed by atoms with Gasteiger partial charge in [0, 0.05) is 35.7 Å². The molecule has 30 heavy (non-hydrogen) atoms. The monoisotopic (exact) mass is 426 g/mol. The van der Waals surface area contributed by atoms with Crippen LogP contribution >= 0.6 is 11.3 Å². The summed E-state index contributed by atoms with van der Waals surface area (Å²) >= 11 is 1.10. The van der Waals surface area contributed by atoms with Gasteiger partial charge in [0.2, 0.25) is 11.8 Å². The van der Waals surface area contributed by atoms with Crippen LogP contribution in [0.2, 0.25) is 0 Å². The van der Waals surface area contributed by atoms with Crippen LogP contribution in [0.4, 0.5) is 20.9 Å². The van der Waals surface area contributed by atoms with Gasteiger partial charge in [-0.05, 0) is 30.3 Å². The fraction of sp³-hybridized carbons (Fsp3) is 0.0500. The van der Waals surface area contributed by atoms with Gasteiger partial charge >= 0.3 is 0 Å². The molecule has 0 bridgehead atoms. The average molecular weight is 426 g/mol. The molecule has 0 aliphatic rings. The van der Waals surface area contributed by atoms with E-state index in [1.54, 1.807) is 17.5 Å². The molecular weight excluding hydrogens is 411 g/mol. The first-order chi connectivity index (χ1) is 14.3. The van der Waals surface area contributed by atoms with E-state index in [0.29, 0.717) is 16.9 Å². The Kier molecular flexibility index (Phi) is 6.28. The normalized spacial score (nSPS) is 10.7. The van der Waals surface area contributed by atoms with E-state index in [4.69, 9.17) is 0 Å². The Labute approximate surface area is 174 Å². The van der Waals surface area contributed by atoms with Gasteiger partial charge in [-0.25, -0.2) is 9.37 Å². The number of thiazole rings is 1. The summed E-state index contributed by atoms with van der Waals surface area (Å²) in [6, 6.07) is 10.2. The molecular formula is C20H15FN4O4S. The number of anilines is 2. The number of nitro groups is 1. The molecule has 10 heteroatoms. The smallest absolute Gasteiger partial charge is 0.276 e. The lowest BCUT2D eigenvalue weighted by Gasteiger charge is -2.04. The number of para-hydroxylation sites is 1. The number of nitrogens with one attached hydrogen (secondary N) is 2. The minimum atomic E-state index is -0.569. The molecule has 0 unspecified atom stereocenters. The molecule has 3 aromatic rings. The van der Waals surface area contributed by atoms with Crippen LogP contribution in [0.15, 0.2) is 53.9 Å². The quantitative estimate of drug-likeness (QED) is 0.343. The van der Waals surface area contributed by atoms with Gasteiger partial charge in [0.05, 0.1) is 16.2 Å². The summed E-state index contributed by atoms with van der Waals surface area (Å²) in [5.74, 6) is -1.41. The molecule has 0 saturated heterocycles. The van der Waals surface area contributed by atoms with Gasteiger partial charge in [0.1, 0.15) is 5.82 Å². The molecule has 152 valence electrons. The van der Waals surface area contributed by atoms with Crippen LogP contribution in [0.25, 0.3) is 17.3 Å². The van der Waals surface area contributed by atoms with Crippen molar-refractivity contribution in [2.45, 2.75) is 6.92 Å². The molecule has 2 amide bonds. The van der Waals surface area contributed by atoms with E-state index in [9.17, 15) is 24.1 Å². The molecule has 0 aliphatic carbocycles. The zero-order valence-electron chi connectivity index (χ0n) is 15.6. The third kappa shape index (κ3) is 5.11. The van der Waals surface area contributed by atoms with E-state index in [2.05, 4.69) is 15.6 Å². The lowest BCUT2D eigenvalue weighted by Crippen LogP contribution is -2.07. The van der Waals surface area contributed by atoms with Crippen molar-refractivity contribution in [3.8, 4) is 11.3 Å². The van der Waals surface area contributed by atoms with Gasteiger partial charge in [-0.15, -0.1) is 11.3 Å². The molecule has 2 aromatic carbocycles. The van der Waals surface area contributed by atoms with Crippen molar-refractivity contribution in [3.63, 3.8) is 0 Å². The van der Waals surface area contributed by atoms with Gasteiger partial charge in [0.25, 0.3) is 5.69 Å². The van der Waals surface area contributed by atoms with Crippen molar-refractivity contribution < 1.29 is 18.9 Å². The molecule has 0 radical (unpaired) electrons. The van der Waals surface area contributed by atoms with Crippen molar-refractivity contribution in [1.82, 2.24) is 4.98 Å². The van der Waals surface area contributed by atoms with Crippen LogP contribution in [0.3, 0.4) is 0 Å². The van der Waals surface area contributed by atoms with Crippen molar-refractivity contribution in [1.29, 1.82) is 0 Å². The number of carbonyl (C=O) groups excluding carboxylic acids is 2. The highest BCUT2D eigenvalue weighted by molar-refractivity contribution is 7.14. The third-order valence-corrected chi connectivity index (χ3v) is 4.61. The highest BCUT2D eigenvalue weighted by Gasteiger charge is 2.13. The number of benzene rings is 2. The first-order valence-corrected chi connectivity index (χ1v) is 9.47. The van der Waals surface area contributed by atoms with E-state index < -0.39 is 16.6 Å². The van der Waals surface area contributed by atoms with Crippen LogP contribution in [0.1, 0.15) is 12.5 Å². The zero-order valence-corrected chi connectivity index (χ0v) is 16.4. The van der Waals surface area contributed by atoms with Gasteiger partial charge in [-0.2, -0.15) is 0 Å². The minimum absolute atomic E-state index is 0.115. The lowest BCUT2D eigenvalue weighted by atomic mass is 10.1. The summed E-state index contributed by atoms with van der Waals surface area (Å²) in [6.45, 7) is 1.33. The predicted octanol–water partition coefficient (Wildman–Crippen LogP) is 4.47. The Hall–Kier alpha value is -3.92. The Morgan fingerprint density at radius 3 is 2.67 bits per heavy atom. The largest absolute Gasteiger partial charge is 0.326 e. The summed E-state index contributed by atoms with van der Waals surface area (Å²) in [7, 11) is 0. The molecule has 0 atom stereocenters. The van der Waals surface area contributed by atoms with Crippen molar-refractivity contribution in [2.24, 2.45) is 0 Å². The molecule has 8 nitrogen and oxygen atoms in total. The molecule has 0 fully saturated rings. The first-order valence-electron chi connectivity index (χ1n) is 8.59. The van der Waals surface area contributed by atoms with E-state index >= 15 is 0 Å². The summed E-state index contributed by atoms with van der Waals surface area (Å²) in [4.78, 5) is 37.8. The number of nitro benzene ring substituents is 1. The zero-order chi connectivity index (χ0) is 21.7. The SMILES string of the molecule is CC(=O)Nc1ccc(-c2csc(NC(=O)/C=C/c3ccccc3[N+](=O)[O-])n2)c(F)c1. The van der Waals surface area contributed by atoms with Gasteiger partial charge in [-0.1, -0.05) is 12.1 Å². The molecule has 1 heterocycles. The maximum absolute atomic E-state index is 14.3. The molecule has 0 spiro atoms. The standard InChI is InChI=1S/C20H15FN4O4S/c1-12(26)22-14-7-8-15(16(21)10-14)17-11-30-20(23-17)24-19(27)9-6-13-4-2-3-5-18(13)25(28)29/h2-11H,1H3,(H,22,26)(H,23,24,27)/b9-6+. The van der Waals surface area contributed by atoms with Crippen LogP contribution in [0, 0.1) is 15.9 Å². The van der Waals surface area contributed by atoms with Crippen molar-refractivity contribution in [3.05, 3.63) is 75.4 Å². The van der Waals surface area contributed by atoms with E-state index in [-0.39, 0.29) is 22.3 Å². The van der Waals surface area contributed by atoms with Crippen LogP contribution in [0.5, 0.6) is 0 Å². The number of amides is 2. The van der Waals surface area contributed by atoms with Crippen molar-refractivity contribution >= 4 is 45.7 Å². The molecule has 1 aromatic heterocycles. The fourth-order valence-electron chi connectivity index (χ4n) is 2.57. The Morgan fingerprint density at radius 2 is 1.97 bits per heavy atom. The number of nitrogens with zero attached hydrogens (tertiary/aromatic N) is 2. The summed E-state index contributed by atoms with van der Waals surface area (Å²) in [5, 5.41) is 17.9. The molecule has 3 rings (SSSR count). The second-order valence-electron chi connectivity index (χ2n) is 6.05. The maximum Gasteiger partial charge on any atom is 0.276 e. The fourth-order valence-corrected chi connectivity index (χ4v) is 3.28. The number of hydrogen-bond donors (Lipinski definition) is 2. The average Bonchev–Trinajstić information content (AvgIpc) is 3.14. The minimum Gasteiger partial charge on any atom is -0.326 e.